The summed E-state index contributed by atoms with van der Waals surface area (Å²) < 4.78 is 7.12. The van der Waals surface area contributed by atoms with Crippen LogP contribution in [0.2, 0.25) is 0 Å². The monoisotopic (exact) mass is 299 g/mol. The number of aromatic nitrogens is 1. The number of hydrogen-bond donors (Lipinski definition) is 1. The average Bonchev–Trinajstić information content (AvgIpc) is 3.03. The predicted octanol–water partition coefficient (Wildman–Crippen LogP) is 2.39. The summed E-state index contributed by atoms with van der Waals surface area (Å²) in [6.45, 7) is 1.07. The number of nitrogens with zero attached hydrogens (tertiary/aromatic N) is 1. The van der Waals surface area contributed by atoms with E-state index in [1.165, 1.54) is 10.6 Å². The van der Waals surface area contributed by atoms with Gasteiger partial charge in [-0.2, -0.15) is 0 Å². The summed E-state index contributed by atoms with van der Waals surface area (Å²) >= 11 is 0. The first-order chi connectivity index (χ1) is 10.7. The number of carbonyl (C=O) groups is 1. The summed E-state index contributed by atoms with van der Waals surface area (Å²) in [7, 11) is 0. The molecule has 1 aromatic carbocycles. The van der Waals surface area contributed by atoms with E-state index in [1.54, 1.807) is 6.07 Å². The lowest BCUT2D eigenvalue weighted by molar-refractivity contribution is 0.0691. The van der Waals surface area contributed by atoms with Gasteiger partial charge in [-0.15, -0.1) is 0 Å². The van der Waals surface area contributed by atoms with Crippen molar-refractivity contribution in [2.45, 2.75) is 25.5 Å². The average molecular weight is 299 g/mol. The molecule has 3 rings (SSSR count). The number of pyridine rings is 1. The van der Waals surface area contributed by atoms with E-state index in [2.05, 4.69) is 0 Å². The zero-order valence-electron chi connectivity index (χ0n) is 12.1. The maximum absolute atomic E-state index is 12.5. The Morgan fingerprint density at radius 1 is 1.23 bits per heavy atom. The molecule has 0 bridgehead atoms. The van der Waals surface area contributed by atoms with Gasteiger partial charge in [0.05, 0.1) is 18.3 Å². The fourth-order valence-corrected chi connectivity index (χ4v) is 2.78. The van der Waals surface area contributed by atoms with E-state index in [9.17, 15) is 9.59 Å². The normalized spacial score (nSPS) is 17.5. The summed E-state index contributed by atoms with van der Waals surface area (Å²) in [5, 5.41) is 9.17. The summed E-state index contributed by atoms with van der Waals surface area (Å²) in [5.41, 5.74) is 0.905. The van der Waals surface area contributed by atoms with Gasteiger partial charge in [-0.25, -0.2) is 4.79 Å². The van der Waals surface area contributed by atoms with Crippen molar-refractivity contribution in [3.63, 3.8) is 0 Å². The maximum atomic E-state index is 12.5. The maximum Gasteiger partial charge on any atom is 0.341 e. The molecule has 1 aliphatic heterocycles. The van der Waals surface area contributed by atoms with Crippen LogP contribution in [-0.4, -0.2) is 28.4 Å². The van der Waals surface area contributed by atoms with E-state index in [0.717, 1.165) is 18.4 Å². The number of carboxylic acids is 1. The first kappa shape index (κ1) is 14.5. The van der Waals surface area contributed by atoms with Crippen molar-refractivity contribution in [1.29, 1.82) is 0 Å². The molecule has 1 aromatic heterocycles. The molecule has 22 heavy (non-hydrogen) atoms. The Kier molecular flexibility index (Phi) is 4.06. The van der Waals surface area contributed by atoms with Gasteiger partial charge in [0, 0.05) is 6.61 Å². The lowest BCUT2D eigenvalue weighted by Crippen LogP contribution is -2.31. The van der Waals surface area contributed by atoms with Crippen LogP contribution in [0.3, 0.4) is 0 Å². The van der Waals surface area contributed by atoms with Gasteiger partial charge in [0.2, 0.25) is 0 Å². The van der Waals surface area contributed by atoms with E-state index in [-0.39, 0.29) is 11.7 Å². The quantitative estimate of drug-likeness (QED) is 0.941. The van der Waals surface area contributed by atoms with Gasteiger partial charge in [0.1, 0.15) is 5.56 Å². The molecule has 0 radical (unpaired) electrons. The van der Waals surface area contributed by atoms with Crippen molar-refractivity contribution in [1.82, 2.24) is 4.57 Å². The van der Waals surface area contributed by atoms with Gasteiger partial charge < -0.3 is 14.4 Å². The van der Waals surface area contributed by atoms with Crippen molar-refractivity contribution in [3.05, 3.63) is 58.4 Å². The van der Waals surface area contributed by atoms with E-state index in [1.807, 2.05) is 30.3 Å². The van der Waals surface area contributed by atoms with Gasteiger partial charge in [0.15, 0.2) is 0 Å². The Balaban J connectivity index is 2.10. The van der Waals surface area contributed by atoms with Gasteiger partial charge >= 0.3 is 5.97 Å². The molecule has 1 saturated heterocycles. The number of rotatable bonds is 4. The van der Waals surface area contributed by atoms with E-state index < -0.39 is 11.5 Å². The molecule has 2 heterocycles. The Labute approximate surface area is 127 Å². The summed E-state index contributed by atoms with van der Waals surface area (Å²) in [6, 6.07) is 12.6. The minimum Gasteiger partial charge on any atom is -0.477 e. The number of hydrogen-bond acceptors (Lipinski definition) is 3. The largest absolute Gasteiger partial charge is 0.477 e. The third-order valence-corrected chi connectivity index (χ3v) is 3.88. The van der Waals surface area contributed by atoms with Gasteiger partial charge in [0.25, 0.3) is 5.56 Å². The molecule has 0 spiro atoms. The van der Waals surface area contributed by atoms with E-state index in [4.69, 9.17) is 9.84 Å². The van der Waals surface area contributed by atoms with Crippen molar-refractivity contribution < 1.29 is 14.6 Å². The van der Waals surface area contributed by atoms with Crippen molar-refractivity contribution in [2.75, 3.05) is 6.61 Å². The number of benzene rings is 1. The molecular weight excluding hydrogens is 282 g/mol. The highest BCUT2D eigenvalue weighted by Gasteiger charge is 2.21. The van der Waals surface area contributed by atoms with Crippen molar-refractivity contribution in [2.24, 2.45) is 0 Å². The molecule has 0 saturated carbocycles. The number of aromatic carboxylic acids is 1. The molecule has 1 unspecified atom stereocenters. The van der Waals surface area contributed by atoms with Crippen LogP contribution in [0.25, 0.3) is 11.3 Å². The minimum absolute atomic E-state index is 0.0378. The van der Waals surface area contributed by atoms with Crippen LogP contribution in [0.5, 0.6) is 0 Å². The lowest BCUT2D eigenvalue weighted by atomic mass is 10.1. The molecule has 1 fully saturated rings. The highest BCUT2D eigenvalue weighted by atomic mass is 16.5. The Morgan fingerprint density at radius 3 is 2.64 bits per heavy atom. The Morgan fingerprint density at radius 2 is 2.00 bits per heavy atom. The van der Waals surface area contributed by atoms with Crippen LogP contribution in [0, 0.1) is 0 Å². The molecule has 1 N–H and O–H groups in total. The third-order valence-electron chi connectivity index (χ3n) is 3.88. The van der Waals surface area contributed by atoms with Crippen LogP contribution < -0.4 is 5.56 Å². The second-order valence-electron chi connectivity index (χ2n) is 5.35. The van der Waals surface area contributed by atoms with Crippen LogP contribution in [0.15, 0.2) is 47.3 Å². The molecule has 5 heteroatoms. The molecule has 114 valence electrons. The zero-order valence-corrected chi connectivity index (χ0v) is 12.1. The van der Waals surface area contributed by atoms with Crippen LogP contribution in [0.4, 0.5) is 0 Å². The Hall–Kier alpha value is -2.40. The fraction of sp³-hybridized carbons (Fsp3) is 0.294. The topological polar surface area (TPSA) is 68.5 Å². The highest BCUT2D eigenvalue weighted by molar-refractivity contribution is 5.87. The first-order valence-electron chi connectivity index (χ1n) is 7.31. The lowest BCUT2D eigenvalue weighted by Gasteiger charge is -2.17. The molecule has 5 nitrogen and oxygen atoms in total. The molecule has 2 aromatic rings. The van der Waals surface area contributed by atoms with E-state index in [0.29, 0.717) is 18.8 Å². The van der Waals surface area contributed by atoms with Crippen LogP contribution in [-0.2, 0) is 11.3 Å². The molecular formula is C17H17NO4. The molecule has 0 aliphatic carbocycles. The fourth-order valence-electron chi connectivity index (χ4n) is 2.78. The zero-order chi connectivity index (χ0) is 15.5. The summed E-state index contributed by atoms with van der Waals surface area (Å²) in [5.74, 6) is -1.20. The second kappa shape index (κ2) is 6.15. The highest BCUT2D eigenvalue weighted by Crippen LogP contribution is 2.21. The summed E-state index contributed by atoms with van der Waals surface area (Å²) in [4.78, 5) is 23.7. The number of ether oxygens (including phenoxy) is 1. The molecule has 1 aliphatic rings. The predicted molar refractivity (Wildman–Crippen MR) is 82.1 cm³/mol. The Bertz CT molecular complexity index is 730. The van der Waals surface area contributed by atoms with Gasteiger partial charge in [-0.05, 0) is 30.5 Å². The minimum atomic E-state index is -1.20. The van der Waals surface area contributed by atoms with E-state index >= 15 is 0 Å². The summed E-state index contributed by atoms with van der Waals surface area (Å²) in [6.07, 6.45) is 1.82. The van der Waals surface area contributed by atoms with Crippen LogP contribution >= 0.6 is 0 Å². The first-order valence-corrected chi connectivity index (χ1v) is 7.31. The van der Waals surface area contributed by atoms with Crippen molar-refractivity contribution in [3.8, 4) is 11.3 Å². The van der Waals surface area contributed by atoms with Crippen LogP contribution in [0.1, 0.15) is 23.2 Å². The molecule has 0 amide bonds. The SMILES string of the molecule is O=C(O)c1ccc(-c2ccccc2)n(CC2CCCO2)c1=O. The second-order valence-corrected chi connectivity index (χ2v) is 5.35. The smallest absolute Gasteiger partial charge is 0.341 e. The number of carboxylic acid groups (broad SMARTS) is 1. The standard InChI is InChI=1S/C17H17NO4/c19-16-14(17(20)21)8-9-15(12-5-2-1-3-6-12)18(16)11-13-7-4-10-22-13/h1-3,5-6,8-9,13H,4,7,10-11H2,(H,20,21). The van der Waals surface area contributed by atoms with Gasteiger partial charge in [-0.1, -0.05) is 30.3 Å². The van der Waals surface area contributed by atoms with Gasteiger partial charge in [-0.3, -0.25) is 4.79 Å². The van der Waals surface area contributed by atoms with Crippen molar-refractivity contribution >= 4 is 5.97 Å². The molecule has 1 atom stereocenters. The third kappa shape index (κ3) is 2.80.